The molecule has 1 aromatic heterocycles. The fourth-order valence-corrected chi connectivity index (χ4v) is 2.52. The molecule has 0 aliphatic carbocycles. The molecule has 1 heterocycles. The second kappa shape index (κ2) is 8.01. The molecule has 0 aliphatic heterocycles. The van der Waals surface area contributed by atoms with Crippen LogP contribution in [0.15, 0.2) is 67.0 Å². The van der Waals surface area contributed by atoms with Gasteiger partial charge in [0.05, 0.1) is 10.0 Å². The van der Waals surface area contributed by atoms with Gasteiger partial charge in [-0.1, -0.05) is 29.3 Å². The van der Waals surface area contributed by atoms with Crippen LogP contribution in [0.1, 0.15) is 15.9 Å². The van der Waals surface area contributed by atoms with E-state index in [9.17, 15) is 4.79 Å². The van der Waals surface area contributed by atoms with Crippen LogP contribution >= 0.6 is 23.2 Å². The first-order valence-corrected chi connectivity index (χ1v) is 8.36. The van der Waals surface area contributed by atoms with Crippen molar-refractivity contribution in [1.29, 1.82) is 0 Å². The number of nitrogens with one attached hydrogen (secondary N) is 2. The minimum atomic E-state index is -0.241. The molecule has 126 valence electrons. The molecule has 3 rings (SSSR count). The maximum atomic E-state index is 12.2. The van der Waals surface area contributed by atoms with Crippen LogP contribution in [0.2, 0.25) is 10.0 Å². The third-order valence-corrected chi connectivity index (χ3v) is 4.28. The van der Waals surface area contributed by atoms with E-state index in [0.717, 1.165) is 11.3 Å². The van der Waals surface area contributed by atoms with Crippen molar-refractivity contribution in [1.82, 2.24) is 4.98 Å². The molecule has 0 saturated heterocycles. The summed E-state index contributed by atoms with van der Waals surface area (Å²) in [5.41, 5.74) is 3.20. The third kappa shape index (κ3) is 4.72. The Bertz CT molecular complexity index is 868. The maximum absolute atomic E-state index is 12.2. The molecule has 0 saturated carbocycles. The van der Waals surface area contributed by atoms with Gasteiger partial charge in [-0.3, -0.25) is 9.78 Å². The lowest BCUT2D eigenvalue weighted by atomic mass is 10.2. The highest BCUT2D eigenvalue weighted by atomic mass is 35.5. The molecule has 2 aromatic carbocycles. The summed E-state index contributed by atoms with van der Waals surface area (Å²) in [6, 6.07) is 16.2. The lowest BCUT2D eigenvalue weighted by molar-refractivity contribution is 0.102. The van der Waals surface area contributed by atoms with Crippen molar-refractivity contribution in [2.24, 2.45) is 0 Å². The number of anilines is 2. The van der Waals surface area contributed by atoms with Gasteiger partial charge >= 0.3 is 0 Å². The van der Waals surface area contributed by atoms with Crippen LogP contribution in [-0.2, 0) is 6.54 Å². The Morgan fingerprint density at radius 2 is 1.72 bits per heavy atom. The van der Waals surface area contributed by atoms with Gasteiger partial charge in [-0.25, -0.2) is 0 Å². The molecular formula is C19H15Cl2N3O. The van der Waals surface area contributed by atoms with Gasteiger partial charge in [-0.15, -0.1) is 0 Å². The molecule has 0 atom stereocenters. The van der Waals surface area contributed by atoms with E-state index in [4.69, 9.17) is 23.2 Å². The highest BCUT2D eigenvalue weighted by Gasteiger charge is 2.08. The van der Waals surface area contributed by atoms with Crippen molar-refractivity contribution < 1.29 is 4.79 Å². The minimum absolute atomic E-state index is 0.241. The van der Waals surface area contributed by atoms with Gasteiger partial charge in [0.15, 0.2) is 0 Å². The predicted molar refractivity (Wildman–Crippen MR) is 102 cm³/mol. The largest absolute Gasteiger partial charge is 0.381 e. The van der Waals surface area contributed by atoms with E-state index < -0.39 is 0 Å². The van der Waals surface area contributed by atoms with Gasteiger partial charge < -0.3 is 10.6 Å². The number of hydrogen-bond donors (Lipinski definition) is 2. The van der Waals surface area contributed by atoms with E-state index in [2.05, 4.69) is 15.6 Å². The van der Waals surface area contributed by atoms with Crippen molar-refractivity contribution in [3.63, 3.8) is 0 Å². The van der Waals surface area contributed by atoms with Crippen molar-refractivity contribution >= 4 is 40.5 Å². The molecule has 0 fully saturated rings. The first kappa shape index (κ1) is 17.3. The minimum Gasteiger partial charge on any atom is -0.381 e. The van der Waals surface area contributed by atoms with Crippen LogP contribution in [0, 0.1) is 0 Å². The number of halogens is 2. The van der Waals surface area contributed by atoms with Crippen molar-refractivity contribution in [3.05, 3.63) is 88.2 Å². The number of carbonyl (C=O) groups excluding carboxylic acids is 1. The van der Waals surface area contributed by atoms with Crippen molar-refractivity contribution in [3.8, 4) is 0 Å². The first-order chi connectivity index (χ1) is 12.1. The molecule has 0 spiro atoms. The Kier molecular flexibility index (Phi) is 5.53. The number of rotatable bonds is 5. The smallest absolute Gasteiger partial charge is 0.255 e. The van der Waals surface area contributed by atoms with Gasteiger partial charge in [-0.2, -0.15) is 0 Å². The second-order valence-electron chi connectivity index (χ2n) is 5.38. The van der Waals surface area contributed by atoms with Crippen LogP contribution in [0.25, 0.3) is 0 Å². The second-order valence-corrected chi connectivity index (χ2v) is 6.19. The number of amides is 1. The summed E-state index contributed by atoms with van der Waals surface area (Å²) in [6.45, 7) is 0.683. The molecule has 0 radical (unpaired) electrons. The van der Waals surface area contributed by atoms with Crippen molar-refractivity contribution in [2.75, 3.05) is 10.6 Å². The molecular weight excluding hydrogens is 357 g/mol. The Balaban J connectivity index is 1.60. The van der Waals surface area contributed by atoms with E-state index >= 15 is 0 Å². The molecule has 6 heteroatoms. The van der Waals surface area contributed by atoms with Gasteiger partial charge in [0, 0.05) is 35.9 Å². The zero-order valence-corrected chi connectivity index (χ0v) is 14.7. The number of hydrogen-bond acceptors (Lipinski definition) is 3. The molecule has 25 heavy (non-hydrogen) atoms. The fourth-order valence-electron chi connectivity index (χ4n) is 2.22. The van der Waals surface area contributed by atoms with Crippen LogP contribution in [0.3, 0.4) is 0 Å². The average Bonchev–Trinajstić information content (AvgIpc) is 2.64. The lowest BCUT2D eigenvalue weighted by Crippen LogP contribution is -2.11. The average molecular weight is 372 g/mol. The summed E-state index contributed by atoms with van der Waals surface area (Å²) in [4.78, 5) is 16.3. The summed E-state index contributed by atoms with van der Waals surface area (Å²) in [6.07, 6.45) is 3.56. The Labute approximate surface area is 155 Å². The molecule has 3 aromatic rings. The quantitative estimate of drug-likeness (QED) is 0.643. The monoisotopic (exact) mass is 371 g/mol. The van der Waals surface area contributed by atoms with E-state index in [0.29, 0.717) is 27.8 Å². The van der Waals surface area contributed by atoms with Crippen LogP contribution in [0.4, 0.5) is 11.4 Å². The zero-order chi connectivity index (χ0) is 17.6. The third-order valence-electron chi connectivity index (χ3n) is 3.54. The van der Waals surface area contributed by atoms with Gasteiger partial charge in [0.25, 0.3) is 5.91 Å². The molecule has 4 nitrogen and oxygen atoms in total. The highest BCUT2D eigenvalue weighted by Crippen LogP contribution is 2.23. The Morgan fingerprint density at radius 3 is 2.40 bits per heavy atom. The molecule has 0 bridgehead atoms. The van der Waals surface area contributed by atoms with Crippen LogP contribution in [0.5, 0.6) is 0 Å². The summed E-state index contributed by atoms with van der Waals surface area (Å²) in [5, 5.41) is 6.90. The normalized spacial score (nSPS) is 10.3. The number of carbonyl (C=O) groups is 1. The number of nitrogens with zero attached hydrogens (tertiary/aromatic N) is 1. The summed E-state index contributed by atoms with van der Waals surface area (Å²) in [5.74, 6) is -0.241. The molecule has 1 amide bonds. The van der Waals surface area contributed by atoms with Gasteiger partial charge in [0.1, 0.15) is 0 Å². The fraction of sp³-hybridized carbons (Fsp3) is 0.0526. The highest BCUT2D eigenvalue weighted by molar-refractivity contribution is 6.42. The number of benzene rings is 2. The maximum Gasteiger partial charge on any atom is 0.255 e. The molecule has 0 aliphatic rings. The van der Waals surface area contributed by atoms with Crippen LogP contribution in [-0.4, -0.2) is 10.9 Å². The zero-order valence-electron chi connectivity index (χ0n) is 13.2. The van der Waals surface area contributed by atoms with E-state index in [1.54, 1.807) is 24.4 Å². The Hall–Kier alpha value is -2.56. The number of pyridine rings is 1. The predicted octanol–water partition coefficient (Wildman–Crippen LogP) is 5.25. The topological polar surface area (TPSA) is 54.0 Å². The standard InChI is InChI=1S/C19H15Cl2N3O/c20-17-8-3-14(10-18(17)21)19(25)24-16-6-4-15(5-7-16)23-12-13-2-1-9-22-11-13/h1-11,23H,12H2,(H,24,25). The van der Waals surface area contributed by atoms with Crippen molar-refractivity contribution in [2.45, 2.75) is 6.54 Å². The van der Waals surface area contributed by atoms with Crippen LogP contribution < -0.4 is 10.6 Å². The van der Waals surface area contributed by atoms with E-state index in [-0.39, 0.29) is 5.91 Å². The number of aromatic nitrogens is 1. The molecule has 0 unspecified atom stereocenters. The Morgan fingerprint density at radius 1 is 0.960 bits per heavy atom. The van der Waals surface area contributed by atoms with Gasteiger partial charge in [0.2, 0.25) is 0 Å². The van der Waals surface area contributed by atoms with E-state index in [1.165, 1.54) is 0 Å². The lowest BCUT2D eigenvalue weighted by Gasteiger charge is -2.09. The SMILES string of the molecule is O=C(Nc1ccc(NCc2cccnc2)cc1)c1ccc(Cl)c(Cl)c1. The summed E-state index contributed by atoms with van der Waals surface area (Å²) in [7, 11) is 0. The summed E-state index contributed by atoms with van der Waals surface area (Å²) >= 11 is 11.8. The summed E-state index contributed by atoms with van der Waals surface area (Å²) < 4.78 is 0. The van der Waals surface area contributed by atoms with Gasteiger partial charge in [-0.05, 0) is 54.1 Å². The molecule has 2 N–H and O–H groups in total. The first-order valence-electron chi connectivity index (χ1n) is 7.61. The van der Waals surface area contributed by atoms with E-state index in [1.807, 2.05) is 42.6 Å².